The highest BCUT2D eigenvalue weighted by Crippen LogP contribution is 2.31. The van der Waals surface area contributed by atoms with Crippen molar-refractivity contribution < 1.29 is 0 Å². The lowest BCUT2D eigenvalue weighted by Crippen LogP contribution is -2.19. The maximum absolute atomic E-state index is 2.32. The minimum atomic E-state index is 0.258. The molecule has 0 fully saturated rings. The molecular formula is C14H19N. The van der Waals surface area contributed by atoms with Gasteiger partial charge in [-0.3, -0.25) is 0 Å². The van der Waals surface area contributed by atoms with E-state index in [0.29, 0.717) is 0 Å². The summed E-state index contributed by atoms with van der Waals surface area (Å²) in [5, 5.41) is 1.34. The molecule has 0 N–H and O–H groups in total. The Morgan fingerprint density at radius 3 is 2.47 bits per heavy atom. The number of hydrogen-bond acceptors (Lipinski definition) is 0. The van der Waals surface area contributed by atoms with Crippen LogP contribution in [0.4, 0.5) is 0 Å². The number of fused-ring (bicyclic) bond motifs is 1. The molecule has 1 heteroatoms. The van der Waals surface area contributed by atoms with Crippen LogP contribution in [0.2, 0.25) is 0 Å². The second-order valence-electron chi connectivity index (χ2n) is 4.88. The Morgan fingerprint density at radius 1 is 1.20 bits per heavy atom. The highest BCUT2D eigenvalue weighted by molar-refractivity contribution is 5.81. The average Bonchev–Trinajstić information content (AvgIpc) is 2.58. The Hall–Kier alpha value is -1.24. The Kier molecular flexibility index (Phi) is 2.34. The van der Waals surface area contributed by atoms with E-state index in [-0.39, 0.29) is 5.41 Å². The SMILES string of the molecule is CCC(C)(C)c1cc2ccccc2n1C. The molecule has 0 atom stereocenters. The van der Waals surface area contributed by atoms with Gasteiger partial charge < -0.3 is 4.57 Å². The Morgan fingerprint density at radius 2 is 1.87 bits per heavy atom. The van der Waals surface area contributed by atoms with Gasteiger partial charge in [0.25, 0.3) is 0 Å². The largest absolute Gasteiger partial charge is 0.347 e. The third-order valence-electron chi connectivity index (χ3n) is 3.53. The zero-order valence-corrected chi connectivity index (χ0v) is 10.0. The Labute approximate surface area is 91.7 Å². The fraction of sp³-hybridized carbons (Fsp3) is 0.429. The zero-order chi connectivity index (χ0) is 11.1. The summed E-state index contributed by atoms with van der Waals surface area (Å²) in [4.78, 5) is 0. The van der Waals surface area contributed by atoms with Crippen molar-refractivity contribution in [2.75, 3.05) is 0 Å². The predicted octanol–water partition coefficient (Wildman–Crippen LogP) is 3.87. The molecule has 1 aromatic heterocycles. The van der Waals surface area contributed by atoms with Crippen molar-refractivity contribution in [3.8, 4) is 0 Å². The van der Waals surface area contributed by atoms with E-state index in [2.05, 4.69) is 62.7 Å². The van der Waals surface area contributed by atoms with Gasteiger partial charge in [-0.25, -0.2) is 0 Å². The molecule has 1 heterocycles. The van der Waals surface area contributed by atoms with Crippen molar-refractivity contribution in [1.29, 1.82) is 0 Å². The molecule has 0 radical (unpaired) electrons. The molecule has 0 amide bonds. The van der Waals surface area contributed by atoms with E-state index < -0.39 is 0 Å². The lowest BCUT2D eigenvalue weighted by Gasteiger charge is -2.23. The quantitative estimate of drug-likeness (QED) is 0.695. The van der Waals surface area contributed by atoms with E-state index in [1.54, 1.807) is 0 Å². The van der Waals surface area contributed by atoms with E-state index in [1.165, 1.54) is 16.6 Å². The van der Waals surface area contributed by atoms with Gasteiger partial charge in [0, 0.05) is 23.7 Å². The number of nitrogens with zero attached hydrogens (tertiary/aromatic N) is 1. The molecular weight excluding hydrogens is 182 g/mol. The average molecular weight is 201 g/mol. The van der Waals surface area contributed by atoms with E-state index in [1.807, 2.05) is 0 Å². The molecule has 80 valence electrons. The number of aromatic nitrogens is 1. The molecule has 0 bridgehead atoms. The normalized spacial score (nSPS) is 12.3. The Bertz CT molecular complexity index is 477. The first-order valence-electron chi connectivity index (χ1n) is 5.61. The molecule has 15 heavy (non-hydrogen) atoms. The van der Waals surface area contributed by atoms with Crippen LogP contribution in [-0.2, 0) is 12.5 Å². The maximum atomic E-state index is 2.32. The molecule has 2 aromatic rings. The molecule has 0 aliphatic rings. The minimum absolute atomic E-state index is 0.258. The van der Waals surface area contributed by atoms with Crippen LogP contribution in [-0.4, -0.2) is 4.57 Å². The van der Waals surface area contributed by atoms with Crippen LogP contribution < -0.4 is 0 Å². The molecule has 0 aliphatic heterocycles. The first kappa shape index (κ1) is 10.3. The standard InChI is InChI=1S/C14H19N/c1-5-14(2,3)13-10-11-8-6-7-9-12(11)15(13)4/h6-10H,5H2,1-4H3. The first-order valence-corrected chi connectivity index (χ1v) is 5.61. The lowest BCUT2D eigenvalue weighted by atomic mass is 9.86. The summed E-state index contributed by atoms with van der Waals surface area (Å²) < 4.78 is 2.32. The fourth-order valence-corrected chi connectivity index (χ4v) is 2.12. The van der Waals surface area contributed by atoms with Crippen LogP contribution in [0.15, 0.2) is 30.3 Å². The van der Waals surface area contributed by atoms with E-state index in [9.17, 15) is 0 Å². The van der Waals surface area contributed by atoms with Crippen LogP contribution in [0.25, 0.3) is 10.9 Å². The van der Waals surface area contributed by atoms with Gasteiger partial charge in [-0.05, 0) is 23.9 Å². The van der Waals surface area contributed by atoms with Crippen molar-refractivity contribution in [2.45, 2.75) is 32.6 Å². The summed E-state index contributed by atoms with van der Waals surface area (Å²) in [6, 6.07) is 10.9. The summed E-state index contributed by atoms with van der Waals surface area (Å²) >= 11 is 0. The molecule has 0 spiro atoms. The number of rotatable bonds is 2. The van der Waals surface area contributed by atoms with E-state index in [4.69, 9.17) is 0 Å². The lowest BCUT2D eigenvalue weighted by molar-refractivity contribution is 0.476. The van der Waals surface area contributed by atoms with Crippen LogP contribution >= 0.6 is 0 Å². The van der Waals surface area contributed by atoms with Crippen molar-refractivity contribution in [3.63, 3.8) is 0 Å². The molecule has 0 aliphatic carbocycles. The minimum Gasteiger partial charge on any atom is -0.347 e. The number of benzene rings is 1. The van der Waals surface area contributed by atoms with Crippen molar-refractivity contribution in [3.05, 3.63) is 36.0 Å². The molecule has 0 saturated carbocycles. The van der Waals surface area contributed by atoms with Crippen LogP contribution in [0.1, 0.15) is 32.9 Å². The third-order valence-corrected chi connectivity index (χ3v) is 3.53. The summed E-state index contributed by atoms with van der Waals surface area (Å²) in [5.74, 6) is 0. The topological polar surface area (TPSA) is 4.93 Å². The third kappa shape index (κ3) is 1.56. The predicted molar refractivity (Wildman–Crippen MR) is 66.2 cm³/mol. The van der Waals surface area contributed by atoms with Gasteiger partial charge in [-0.1, -0.05) is 39.0 Å². The monoisotopic (exact) mass is 201 g/mol. The van der Waals surface area contributed by atoms with Crippen LogP contribution in [0.5, 0.6) is 0 Å². The molecule has 0 unspecified atom stereocenters. The molecule has 2 rings (SSSR count). The maximum Gasteiger partial charge on any atom is 0.0480 e. The fourth-order valence-electron chi connectivity index (χ4n) is 2.12. The number of para-hydroxylation sites is 1. The number of aryl methyl sites for hydroxylation is 1. The van der Waals surface area contributed by atoms with E-state index >= 15 is 0 Å². The van der Waals surface area contributed by atoms with Gasteiger partial charge in [0.1, 0.15) is 0 Å². The summed E-state index contributed by atoms with van der Waals surface area (Å²) in [6.45, 7) is 6.86. The van der Waals surface area contributed by atoms with Crippen LogP contribution in [0.3, 0.4) is 0 Å². The van der Waals surface area contributed by atoms with Crippen molar-refractivity contribution >= 4 is 10.9 Å². The zero-order valence-electron chi connectivity index (χ0n) is 10.0. The molecule has 0 saturated heterocycles. The van der Waals surface area contributed by atoms with Gasteiger partial charge >= 0.3 is 0 Å². The van der Waals surface area contributed by atoms with Gasteiger partial charge in [-0.2, -0.15) is 0 Å². The second kappa shape index (κ2) is 3.41. The molecule has 1 nitrogen and oxygen atoms in total. The van der Waals surface area contributed by atoms with Gasteiger partial charge in [0.15, 0.2) is 0 Å². The van der Waals surface area contributed by atoms with Crippen LogP contribution in [0, 0.1) is 0 Å². The summed E-state index contributed by atoms with van der Waals surface area (Å²) in [7, 11) is 2.16. The van der Waals surface area contributed by atoms with Gasteiger partial charge in [0.2, 0.25) is 0 Å². The number of hydrogen-bond donors (Lipinski definition) is 0. The smallest absolute Gasteiger partial charge is 0.0480 e. The Balaban J connectivity index is 2.68. The highest BCUT2D eigenvalue weighted by atomic mass is 15.0. The van der Waals surface area contributed by atoms with Crippen molar-refractivity contribution in [2.24, 2.45) is 7.05 Å². The van der Waals surface area contributed by atoms with Gasteiger partial charge in [0.05, 0.1) is 0 Å². The van der Waals surface area contributed by atoms with Gasteiger partial charge in [-0.15, -0.1) is 0 Å². The highest BCUT2D eigenvalue weighted by Gasteiger charge is 2.22. The second-order valence-corrected chi connectivity index (χ2v) is 4.88. The molecule has 1 aromatic carbocycles. The summed E-state index contributed by atoms with van der Waals surface area (Å²) in [6.07, 6.45) is 1.16. The van der Waals surface area contributed by atoms with Crippen molar-refractivity contribution in [1.82, 2.24) is 4.57 Å². The van der Waals surface area contributed by atoms with E-state index in [0.717, 1.165) is 6.42 Å². The summed E-state index contributed by atoms with van der Waals surface area (Å²) in [5.41, 5.74) is 3.01. The first-order chi connectivity index (χ1) is 7.06.